The highest BCUT2D eigenvalue weighted by Crippen LogP contribution is 2.40. The lowest BCUT2D eigenvalue weighted by Gasteiger charge is -2.13. The fourth-order valence-corrected chi connectivity index (χ4v) is 5.90. The number of aliphatic imine (C=N–C) groups is 1. The van der Waals surface area contributed by atoms with Crippen LogP contribution >= 0.6 is 11.3 Å². The van der Waals surface area contributed by atoms with Gasteiger partial charge in [-0.05, 0) is 66.6 Å². The standard InChI is InChI=1S/C32H29N3O3S/c1-37-28-17-23(15-16-27(28)38-21-25-12-6-5-11-24(25)18-33)20-35-32-30(26-13-7-8-14-29(26)39-32)31(36)34-19-22-9-3-2-4-10-22/h2-6,9-12,15-17,20H,7-8,13-14,19,21H2,1H3,(H,34,36)/b35-20+. The number of aryl methyl sites for hydroxylation is 1. The van der Waals surface area contributed by atoms with Gasteiger partial charge in [0.2, 0.25) is 0 Å². The summed E-state index contributed by atoms with van der Waals surface area (Å²) >= 11 is 1.61. The molecule has 1 amide bonds. The Morgan fingerprint density at radius 3 is 2.67 bits per heavy atom. The van der Waals surface area contributed by atoms with Crippen LogP contribution in [0.15, 0.2) is 77.8 Å². The summed E-state index contributed by atoms with van der Waals surface area (Å²) in [5.41, 5.74) is 5.13. The van der Waals surface area contributed by atoms with E-state index >= 15 is 0 Å². The Morgan fingerprint density at radius 2 is 1.85 bits per heavy atom. The molecular formula is C32H29N3O3S. The lowest BCUT2D eigenvalue weighted by molar-refractivity contribution is 0.0951. The topological polar surface area (TPSA) is 83.7 Å². The summed E-state index contributed by atoms with van der Waals surface area (Å²) in [5.74, 6) is 1.07. The quantitative estimate of drug-likeness (QED) is 0.240. The minimum Gasteiger partial charge on any atom is -0.493 e. The number of fused-ring (bicyclic) bond motifs is 1. The second-order valence-electron chi connectivity index (χ2n) is 9.29. The lowest BCUT2D eigenvalue weighted by atomic mass is 9.95. The highest BCUT2D eigenvalue weighted by atomic mass is 32.1. The van der Waals surface area contributed by atoms with E-state index in [1.807, 2.05) is 66.7 Å². The molecular weight excluding hydrogens is 506 g/mol. The molecule has 0 unspecified atom stereocenters. The van der Waals surface area contributed by atoms with Gasteiger partial charge in [0.1, 0.15) is 11.6 Å². The van der Waals surface area contributed by atoms with Crippen LogP contribution in [-0.4, -0.2) is 19.2 Å². The maximum atomic E-state index is 13.3. The molecule has 0 radical (unpaired) electrons. The number of rotatable bonds is 9. The molecule has 3 aromatic carbocycles. The van der Waals surface area contributed by atoms with E-state index in [-0.39, 0.29) is 12.5 Å². The number of carbonyl (C=O) groups is 1. The number of nitrogens with zero attached hydrogens (tertiary/aromatic N) is 2. The zero-order valence-electron chi connectivity index (χ0n) is 21.8. The number of hydrogen-bond acceptors (Lipinski definition) is 6. The molecule has 0 bridgehead atoms. The van der Waals surface area contributed by atoms with Gasteiger partial charge in [0, 0.05) is 23.2 Å². The molecule has 5 rings (SSSR count). The molecule has 7 heteroatoms. The van der Waals surface area contributed by atoms with Crippen molar-refractivity contribution < 1.29 is 14.3 Å². The minimum atomic E-state index is -0.0793. The number of thiophene rings is 1. The SMILES string of the molecule is COc1cc(/C=N/c2sc3c(c2C(=O)NCc2ccccc2)CCCC3)ccc1OCc1ccccc1C#N. The average Bonchev–Trinajstić information content (AvgIpc) is 3.37. The number of nitrogens with one attached hydrogen (secondary N) is 1. The summed E-state index contributed by atoms with van der Waals surface area (Å²) < 4.78 is 11.5. The number of carbonyl (C=O) groups excluding carboxylic acids is 1. The van der Waals surface area contributed by atoms with Gasteiger partial charge in [0.25, 0.3) is 5.91 Å². The summed E-state index contributed by atoms with van der Waals surface area (Å²) in [6, 6.07) is 25.1. The number of amides is 1. The Kier molecular flexibility index (Phi) is 8.35. The molecule has 1 aliphatic rings. The Labute approximate surface area is 232 Å². The van der Waals surface area contributed by atoms with E-state index in [9.17, 15) is 10.1 Å². The van der Waals surface area contributed by atoms with Crippen molar-refractivity contribution in [3.8, 4) is 17.6 Å². The normalized spacial score (nSPS) is 12.5. The van der Waals surface area contributed by atoms with E-state index in [0.717, 1.165) is 52.9 Å². The first-order valence-corrected chi connectivity index (χ1v) is 13.8. The van der Waals surface area contributed by atoms with Gasteiger partial charge in [-0.15, -0.1) is 11.3 Å². The van der Waals surface area contributed by atoms with Crippen LogP contribution in [0.1, 0.15) is 55.9 Å². The number of methoxy groups -OCH3 is 1. The van der Waals surface area contributed by atoms with E-state index in [2.05, 4.69) is 11.4 Å². The molecule has 39 heavy (non-hydrogen) atoms. The molecule has 1 aliphatic carbocycles. The first-order chi connectivity index (χ1) is 19.2. The second kappa shape index (κ2) is 12.4. The van der Waals surface area contributed by atoms with Gasteiger partial charge in [-0.25, -0.2) is 4.99 Å². The number of hydrogen-bond donors (Lipinski definition) is 1. The average molecular weight is 536 g/mol. The van der Waals surface area contributed by atoms with Crippen LogP contribution in [-0.2, 0) is 26.0 Å². The predicted octanol–water partition coefficient (Wildman–Crippen LogP) is 6.77. The summed E-state index contributed by atoms with van der Waals surface area (Å²) in [5, 5.41) is 13.2. The van der Waals surface area contributed by atoms with E-state index in [1.165, 1.54) is 4.88 Å². The van der Waals surface area contributed by atoms with Crippen molar-refractivity contribution in [3.05, 3.63) is 111 Å². The fraction of sp³-hybridized carbons (Fsp3) is 0.219. The van der Waals surface area contributed by atoms with Gasteiger partial charge >= 0.3 is 0 Å². The molecule has 6 nitrogen and oxygen atoms in total. The molecule has 4 aromatic rings. The van der Waals surface area contributed by atoms with Crippen LogP contribution in [0.2, 0.25) is 0 Å². The number of nitriles is 1. The van der Waals surface area contributed by atoms with Crippen molar-refractivity contribution in [3.63, 3.8) is 0 Å². The molecule has 0 fully saturated rings. The van der Waals surface area contributed by atoms with Gasteiger partial charge in [-0.1, -0.05) is 48.5 Å². The van der Waals surface area contributed by atoms with Crippen LogP contribution in [0.4, 0.5) is 5.00 Å². The molecule has 0 saturated carbocycles. The van der Waals surface area contributed by atoms with Crippen molar-refractivity contribution in [1.82, 2.24) is 5.32 Å². The van der Waals surface area contributed by atoms with Crippen molar-refractivity contribution in [2.24, 2.45) is 4.99 Å². The maximum Gasteiger partial charge on any atom is 0.254 e. The van der Waals surface area contributed by atoms with E-state index in [1.54, 1.807) is 30.7 Å². The van der Waals surface area contributed by atoms with Gasteiger partial charge in [0.15, 0.2) is 11.5 Å². The molecule has 196 valence electrons. The molecule has 0 saturated heterocycles. The van der Waals surface area contributed by atoms with Gasteiger partial charge in [0.05, 0.1) is 24.3 Å². The summed E-state index contributed by atoms with van der Waals surface area (Å²) in [6.07, 6.45) is 5.89. The predicted molar refractivity (Wildman–Crippen MR) is 154 cm³/mol. The van der Waals surface area contributed by atoms with Crippen LogP contribution in [0.25, 0.3) is 0 Å². The first-order valence-electron chi connectivity index (χ1n) is 13.0. The Morgan fingerprint density at radius 1 is 1.05 bits per heavy atom. The van der Waals surface area contributed by atoms with E-state index < -0.39 is 0 Å². The van der Waals surface area contributed by atoms with E-state index in [4.69, 9.17) is 14.5 Å². The number of benzene rings is 3. The molecule has 0 aliphatic heterocycles. The Bertz CT molecular complexity index is 1540. The van der Waals surface area contributed by atoms with Crippen LogP contribution in [0.5, 0.6) is 11.5 Å². The monoisotopic (exact) mass is 535 g/mol. The highest BCUT2D eigenvalue weighted by Gasteiger charge is 2.25. The van der Waals surface area contributed by atoms with Crippen LogP contribution in [0, 0.1) is 11.3 Å². The molecule has 1 heterocycles. The Balaban J connectivity index is 1.35. The lowest BCUT2D eigenvalue weighted by Crippen LogP contribution is -2.24. The maximum absolute atomic E-state index is 13.3. The zero-order valence-corrected chi connectivity index (χ0v) is 22.6. The van der Waals surface area contributed by atoms with Crippen molar-refractivity contribution in [2.75, 3.05) is 7.11 Å². The summed E-state index contributed by atoms with van der Waals surface area (Å²) in [7, 11) is 1.59. The van der Waals surface area contributed by atoms with Gasteiger partial charge in [-0.2, -0.15) is 5.26 Å². The van der Waals surface area contributed by atoms with E-state index in [0.29, 0.717) is 29.2 Å². The third-order valence-electron chi connectivity index (χ3n) is 6.72. The zero-order chi connectivity index (χ0) is 27.0. The smallest absolute Gasteiger partial charge is 0.254 e. The van der Waals surface area contributed by atoms with Crippen molar-refractivity contribution in [2.45, 2.75) is 38.8 Å². The molecule has 0 spiro atoms. The third kappa shape index (κ3) is 6.19. The molecule has 0 atom stereocenters. The third-order valence-corrected chi connectivity index (χ3v) is 7.92. The Hall–Kier alpha value is -4.41. The molecule has 1 N–H and O–H groups in total. The first kappa shape index (κ1) is 26.2. The van der Waals surface area contributed by atoms with Crippen LogP contribution < -0.4 is 14.8 Å². The minimum absolute atomic E-state index is 0.0793. The summed E-state index contributed by atoms with van der Waals surface area (Å²) in [6.45, 7) is 0.737. The van der Waals surface area contributed by atoms with Crippen molar-refractivity contribution in [1.29, 1.82) is 5.26 Å². The fourth-order valence-electron chi connectivity index (χ4n) is 4.67. The summed E-state index contributed by atoms with van der Waals surface area (Å²) in [4.78, 5) is 19.4. The molecule has 1 aromatic heterocycles. The van der Waals surface area contributed by atoms with Crippen LogP contribution in [0.3, 0.4) is 0 Å². The number of ether oxygens (including phenoxy) is 2. The van der Waals surface area contributed by atoms with Crippen molar-refractivity contribution >= 4 is 28.5 Å². The highest BCUT2D eigenvalue weighted by molar-refractivity contribution is 7.16. The second-order valence-corrected chi connectivity index (χ2v) is 10.4. The van der Waals surface area contributed by atoms with Gasteiger partial charge < -0.3 is 14.8 Å². The largest absolute Gasteiger partial charge is 0.493 e. The van der Waals surface area contributed by atoms with Gasteiger partial charge in [-0.3, -0.25) is 4.79 Å².